The Hall–Kier alpha value is -2.87. The molecule has 1 aliphatic heterocycles. The summed E-state index contributed by atoms with van der Waals surface area (Å²) in [6.45, 7) is 2.02. The van der Waals surface area contributed by atoms with Gasteiger partial charge >= 0.3 is 0 Å². The number of hydrogen-bond donors (Lipinski definition) is 1. The second-order valence-corrected chi connectivity index (χ2v) is 7.44. The van der Waals surface area contributed by atoms with Crippen LogP contribution in [0.5, 0.6) is 5.75 Å². The van der Waals surface area contributed by atoms with Gasteiger partial charge in [0.25, 0.3) is 5.56 Å². The van der Waals surface area contributed by atoms with Gasteiger partial charge in [-0.2, -0.15) is 0 Å². The Morgan fingerprint density at radius 2 is 2.00 bits per heavy atom. The number of fused-ring (bicyclic) bond motifs is 3. The van der Waals surface area contributed by atoms with Crippen molar-refractivity contribution >= 4 is 35.7 Å². The molecule has 9 heteroatoms. The summed E-state index contributed by atoms with van der Waals surface area (Å²) in [5.41, 5.74) is 5.04. The van der Waals surface area contributed by atoms with Crippen LogP contribution in [0.1, 0.15) is 17.0 Å². The standard InChI is InChI=1S/C23H21FN4O2.2ClH/c1-27-21-10-17(4-5-19(21)20-6-8-25-13-22(20)27)28-9-7-18(11-23(28)29)30-14-16-3-2-15(24)12-26-16;;/h2-5,7,9-12,25H,6,8,13-14H2,1H3;2*1H. The Bertz CT molecular complexity index is 1300. The third-order valence-electron chi connectivity index (χ3n) is 5.61. The molecule has 0 saturated heterocycles. The number of rotatable bonds is 4. The highest BCUT2D eigenvalue weighted by atomic mass is 35.5. The minimum atomic E-state index is -0.395. The lowest BCUT2D eigenvalue weighted by Crippen LogP contribution is -2.24. The van der Waals surface area contributed by atoms with Gasteiger partial charge in [0.1, 0.15) is 18.2 Å². The zero-order chi connectivity index (χ0) is 20.7. The molecule has 1 N–H and O–H groups in total. The van der Waals surface area contributed by atoms with Crippen LogP contribution in [-0.2, 0) is 26.6 Å². The van der Waals surface area contributed by atoms with Crippen LogP contribution in [0.25, 0.3) is 16.6 Å². The lowest BCUT2D eigenvalue weighted by Gasteiger charge is -2.14. The summed E-state index contributed by atoms with van der Waals surface area (Å²) in [6.07, 6.45) is 3.87. The number of hydrogen-bond acceptors (Lipinski definition) is 4. The fraction of sp³-hybridized carbons (Fsp3) is 0.217. The monoisotopic (exact) mass is 476 g/mol. The van der Waals surface area contributed by atoms with Crippen molar-refractivity contribution in [2.24, 2.45) is 7.05 Å². The SMILES string of the molecule is Cl.Cl.Cn1c2c(c3ccc(-n4ccc(OCc5ccc(F)cn5)cc4=O)cc31)CCNC2. The van der Waals surface area contributed by atoms with Gasteiger partial charge in [-0.25, -0.2) is 4.39 Å². The number of ether oxygens (including phenoxy) is 1. The van der Waals surface area contributed by atoms with Crippen molar-refractivity contribution in [3.8, 4) is 11.4 Å². The van der Waals surface area contributed by atoms with Gasteiger partial charge in [-0.15, -0.1) is 24.8 Å². The maximum Gasteiger partial charge on any atom is 0.258 e. The van der Waals surface area contributed by atoms with Crippen LogP contribution in [0, 0.1) is 5.82 Å². The Morgan fingerprint density at radius 1 is 1.16 bits per heavy atom. The third kappa shape index (κ3) is 4.37. The average Bonchev–Trinajstić information content (AvgIpc) is 3.05. The molecule has 5 rings (SSSR count). The minimum absolute atomic E-state index is 0. The number of nitrogens with zero attached hydrogens (tertiary/aromatic N) is 3. The van der Waals surface area contributed by atoms with Gasteiger partial charge in [-0.3, -0.25) is 14.3 Å². The summed E-state index contributed by atoms with van der Waals surface area (Å²) in [5.74, 6) is 0.0533. The summed E-state index contributed by atoms with van der Waals surface area (Å²) >= 11 is 0. The first-order valence-corrected chi connectivity index (χ1v) is 9.87. The molecule has 0 radical (unpaired) electrons. The molecule has 0 amide bonds. The van der Waals surface area contributed by atoms with E-state index in [1.54, 1.807) is 22.9 Å². The molecule has 0 spiro atoms. The van der Waals surface area contributed by atoms with Crippen molar-refractivity contribution in [1.82, 2.24) is 19.4 Å². The Balaban J connectivity index is 0.00000144. The van der Waals surface area contributed by atoms with E-state index < -0.39 is 5.82 Å². The van der Waals surface area contributed by atoms with E-state index >= 15 is 0 Å². The molecule has 168 valence electrons. The Morgan fingerprint density at radius 3 is 2.75 bits per heavy atom. The van der Waals surface area contributed by atoms with Gasteiger partial charge in [-0.1, -0.05) is 6.07 Å². The number of aromatic nitrogens is 3. The van der Waals surface area contributed by atoms with Crippen LogP contribution in [0.3, 0.4) is 0 Å². The van der Waals surface area contributed by atoms with Gasteiger partial charge in [-0.05, 0) is 48.9 Å². The lowest BCUT2D eigenvalue weighted by molar-refractivity contribution is 0.300. The first-order chi connectivity index (χ1) is 14.6. The fourth-order valence-electron chi connectivity index (χ4n) is 4.04. The normalized spacial score (nSPS) is 12.6. The Labute approximate surface area is 196 Å². The molecule has 0 saturated carbocycles. The lowest BCUT2D eigenvalue weighted by atomic mass is 10.0. The zero-order valence-electron chi connectivity index (χ0n) is 17.4. The van der Waals surface area contributed by atoms with Crippen molar-refractivity contribution in [3.05, 3.63) is 88.0 Å². The first-order valence-electron chi connectivity index (χ1n) is 9.87. The van der Waals surface area contributed by atoms with Gasteiger partial charge in [0, 0.05) is 36.9 Å². The molecular formula is C23H23Cl2FN4O2. The van der Waals surface area contributed by atoms with Gasteiger partial charge < -0.3 is 14.6 Å². The van der Waals surface area contributed by atoms with Gasteiger partial charge in [0.05, 0.1) is 23.1 Å². The number of aryl methyl sites for hydroxylation is 1. The van der Waals surface area contributed by atoms with E-state index in [9.17, 15) is 9.18 Å². The second kappa shape index (κ2) is 9.73. The molecule has 3 aromatic heterocycles. The molecule has 0 aliphatic carbocycles. The van der Waals surface area contributed by atoms with Crippen molar-refractivity contribution in [1.29, 1.82) is 0 Å². The first kappa shape index (κ1) is 23.8. The van der Waals surface area contributed by atoms with Crippen LogP contribution >= 0.6 is 24.8 Å². The van der Waals surface area contributed by atoms with Crippen molar-refractivity contribution in [3.63, 3.8) is 0 Å². The summed E-state index contributed by atoms with van der Waals surface area (Å²) in [7, 11) is 2.07. The molecule has 4 heterocycles. The van der Waals surface area contributed by atoms with Crippen LogP contribution in [-0.4, -0.2) is 20.7 Å². The van der Waals surface area contributed by atoms with E-state index in [-0.39, 0.29) is 37.0 Å². The topological polar surface area (TPSA) is 61.1 Å². The quantitative estimate of drug-likeness (QED) is 0.484. The van der Waals surface area contributed by atoms with Crippen molar-refractivity contribution in [2.45, 2.75) is 19.6 Å². The molecule has 1 aromatic carbocycles. The van der Waals surface area contributed by atoms with Gasteiger partial charge in [0.2, 0.25) is 0 Å². The van der Waals surface area contributed by atoms with Crippen molar-refractivity contribution < 1.29 is 9.13 Å². The minimum Gasteiger partial charge on any atom is -0.487 e. The number of pyridine rings is 2. The summed E-state index contributed by atoms with van der Waals surface area (Å²) in [6, 6.07) is 12.2. The Kier molecular flexibility index (Phi) is 7.23. The van der Waals surface area contributed by atoms with E-state index in [0.717, 1.165) is 36.9 Å². The molecule has 6 nitrogen and oxygen atoms in total. The molecular weight excluding hydrogens is 454 g/mol. The van der Waals surface area contributed by atoms with E-state index in [0.29, 0.717) is 11.4 Å². The largest absolute Gasteiger partial charge is 0.487 e. The molecule has 32 heavy (non-hydrogen) atoms. The number of benzene rings is 1. The van der Waals surface area contributed by atoms with Crippen LogP contribution in [0.15, 0.2) is 59.7 Å². The van der Waals surface area contributed by atoms with Gasteiger partial charge in [0.15, 0.2) is 0 Å². The summed E-state index contributed by atoms with van der Waals surface area (Å²) in [4.78, 5) is 16.7. The molecule has 0 fully saturated rings. The van der Waals surface area contributed by atoms with Crippen LogP contribution in [0.2, 0.25) is 0 Å². The van der Waals surface area contributed by atoms with Crippen LogP contribution in [0.4, 0.5) is 4.39 Å². The fourth-order valence-corrected chi connectivity index (χ4v) is 4.04. The van der Waals surface area contributed by atoms with E-state index in [1.165, 1.54) is 28.8 Å². The molecule has 1 aliphatic rings. The predicted octanol–water partition coefficient (Wildman–Crippen LogP) is 3.93. The van der Waals surface area contributed by atoms with E-state index in [4.69, 9.17) is 4.74 Å². The van der Waals surface area contributed by atoms with E-state index in [1.807, 2.05) is 6.07 Å². The highest BCUT2D eigenvalue weighted by Crippen LogP contribution is 2.29. The average molecular weight is 477 g/mol. The molecule has 0 atom stereocenters. The van der Waals surface area contributed by atoms with Crippen LogP contribution < -0.4 is 15.6 Å². The molecule has 0 unspecified atom stereocenters. The zero-order valence-corrected chi connectivity index (χ0v) is 19.0. The maximum absolute atomic E-state index is 12.9. The maximum atomic E-state index is 12.9. The molecule has 0 bridgehead atoms. The highest BCUT2D eigenvalue weighted by molar-refractivity contribution is 5.87. The number of halogens is 3. The number of nitrogens with one attached hydrogen (secondary N) is 1. The summed E-state index contributed by atoms with van der Waals surface area (Å²) < 4.78 is 22.4. The molecule has 4 aromatic rings. The van der Waals surface area contributed by atoms with Crippen molar-refractivity contribution in [2.75, 3.05) is 6.54 Å². The smallest absolute Gasteiger partial charge is 0.258 e. The third-order valence-corrected chi connectivity index (χ3v) is 5.61. The predicted molar refractivity (Wildman–Crippen MR) is 127 cm³/mol. The highest BCUT2D eigenvalue weighted by Gasteiger charge is 2.18. The summed E-state index contributed by atoms with van der Waals surface area (Å²) in [5, 5.41) is 4.67. The van der Waals surface area contributed by atoms with E-state index in [2.05, 4.69) is 34.0 Å². The second-order valence-electron chi connectivity index (χ2n) is 7.44.